The Hall–Kier alpha value is -1.76. The predicted octanol–water partition coefficient (Wildman–Crippen LogP) is 4.51. The number of hydrogen-bond donors (Lipinski definition) is 1. The van der Waals surface area contributed by atoms with Crippen molar-refractivity contribution in [2.75, 3.05) is 0 Å². The molecule has 2 rings (SSSR count). The minimum Gasteiger partial charge on any atom is -0.508 e. The van der Waals surface area contributed by atoms with Gasteiger partial charge in [-0.2, -0.15) is 0 Å². The van der Waals surface area contributed by atoms with Gasteiger partial charge < -0.3 is 5.11 Å². The number of phenols is 1. The van der Waals surface area contributed by atoms with E-state index in [1.165, 1.54) is 11.1 Å². The van der Waals surface area contributed by atoms with Crippen LogP contribution in [0, 0.1) is 6.92 Å². The molecular formula is C16H20O. The van der Waals surface area contributed by atoms with Crippen LogP contribution in [0.2, 0.25) is 0 Å². The molecule has 0 aliphatic carbocycles. The number of phenolic OH excluding ortho intramolecular Hbond substituents is 1. The fraction of sp³-hybridized carbons (Fsp3) is 0.250. The second-order valence-electron chi connectivity index (χ2n) is 4.40. The number of rotatable bonds is 1. The van der Waals surface area contributed by atoms with Crippen LogP contribution >= 0.6 is 0 Å². The zero-order valence-corrected chi connectivity index (χ0v) is 10.7. The van der Waals surface area contributed by atoms with E-state index in [9.17, 15) is 0 Å². The summed E-state index contributed by atoms with van der Waals surface area (Å²) in [5.41, 5.74) is 2.58. The summed E-state index contributed by atoms with van der Waals surface area (Å²) in [6, 6.07) is 17.6. The molecule has 0 aliphatic heterocycles. The number of hydrogen-bond acceptors (Lipinski definition) is 1. The van der Waals surface area contributed by atoms with Crippen molar-refractivity contribution in [1.82, 2.24) is 0 Å². The van der Waals surface area contributed by atoms with Crippen molar-refractivity contribution in [3.8, 4) is 5.75 Å². The Morgan fingerprint density at radius 1 is 0.824 bits per heavy atom. The lowest BCUT2D eigenvalue weighted by atomic mass is 10.0. The third-order valence-electron chi connectivity index (χ3n) is 2.50. The maximum absolute atomic E-state index is 8.94. The highest BCUT2D eigenvalue weighted by molar-refractivity contribution is 5.27. The summed E-state index contributed by atoms with van der Waals surface area (Å²) in [5, 5.41) is 8.94. The van der Waals surface area contributed by atoms with Gasteiger partial charge in [-0.05, 0) is 30.5 Å². The Morgan fingerprint density at radius 2 is 1.35 bits per heavy atom. The van der Waals surface area contributed by atoms with Gasteiger partial charge in [0.15, 0.2) is 0 Å². The van der Waals surface area contributed by atoms with Crippen LogP contribution < -0.4 is 0 Å². The lowest BCUT2D eigenvalue weighted by Gasteiger charge is -2.03. The first-order valence-electron chi connectivity index (χ1n) is 5.90. The van der Waals surface area contributed by atoms with Crippen molar-refractivity contribution in [3.63, 3.8) is 0 Å². The second kappa shape index (κ2) is 6.74. The maximum atomic E-state index is 8.94. The molecule has 0 aliphatic rings. The highest BCUT2D eigenvalue weighted by Crippen LogP contribution is 2.16. The van der Waals surface area contributed by atoms with Gasteiger partial charge in [-0.25, -0.2) is 0 Å². The zero-order chi connectivity index (χ0) is 12.7. The predicted molar refractivity (Wildman–Crippen MR) is 73.4 cm³/mol. The topological polar surface area (TPSA) is 20.2 Å². The third kappa shape index (κ3) is 5.21. The van der Waals surface area contributed by atoms with Crippen molar-refractivity contribution in [3.05, 3.63) is 65.7 Å². The van der Waals surface area contributed by atoms with Gasteiger partial charge in [0, 0.05) is 0 Å². The van der Waals surface area contributed by atoms with E-state index < -0.39 is 0 Å². The van der Waals surface area contributed by atoms with Gasteiger partial charge in [-0.3, -0.25) is 0 Å². The molecule has 0 spiro atoms. The van der Waals surface area contributed by atoms with Gasteiger partial charge in [0.1, 0.15) is 5.75 Å². The quantitative estimate of drug-likeness (QED) is 0.761. The van der Waals surface area contributed by atoms with E-state index in [2.05, 4.69) is 32.9 Å². The lowest BCUT2D eigenvalue weighted by molar-refractivity contribution is 0.475. The molecule has 0 heterocycles. The monoisotopic (exact) mass is 228 g/mol. The molecule has 0 bridgehead atoms. The van der Waals surface area contributed by atoms with Crippen LogP contribution in [0.15, 0.2) is 54.6 Å². The second-order valence-corrected chi connectivity index (χ2v) is 4.40. The summed E-state index contributed by atoms with van der Waals surface area (Å²) >= 11 is 0. The van der Waals surface area contributed by atoms with Crippen molar-refractivity contribution in [2.24, 2.45) is 0 Å². The zero-order valence-electron chi connectivity index (χ0n) is 10.7. The van der Waals surface area contributed by atoms with Gasteiger partial charge >= 0.3 is 0 Å². The smallest absolute Gasteiger partial charge is 0.115 e. The minimum atomic E-state index is 0.337. The van der Waals surface area contributed by atoms with Crippen LogP contribution in [0.3, 0.4) is 0 Å². The normalized spacial score (nSPS) is 9.65. The van der Waals surface area contributed by atoms with Crippen LogP contribution in [0.1, 0.15) is 30.9 Å². The van der Waals surface area contributed by atoms with Crippen LogP contribution in [0.25, 0.3) is 0 Å². The Morgan fingerprint density at radius 3 is 1.71 bits per heavy atom. The molecule has 0 amide bonds. The first kappa shape index (κ1) is 13.3. The Balaban J connectivity index is 0.000000181. The van der Waals surface area contributed by atoms with E-state index in [4.69, 9.17) is 5.11 Å². The highest BCUT2D eigenvalue weighted by Gasteiger charge is 1.96. The molecule has 0 unspecified atom stereocenters. The Labute approximate surface area is 104 Å². The van der Waals surface area contributed by atoms with Crippen molar-refractivity contribution in [2.45, 2.75) is 26.7 Å². The van der Waals surface area contributed by atoms with Gasteiger partial charge in [0.25, 0.3) is 0 Å². The molecule has 0 atom stereocenters. The molecule has 17 heavy (non-hydrogen) atoms. The molecular weight excluding hydrogens is 208 g/mol. The fourth-order valence-corrected chi connectivity index (χ4v) is 1.39. The molecule has 2 aromatic rings. The molecule has 1 heteroatoms. The number of aryl methyl sites for hydroxylation is 1. The molecule has 0 fully saturated rings. The van der Waals surface area contributed by atoms with E-state index in [-0.39, 0.29) is 0 Å². The van der Waals surface area contributed by atoms with E-state index in [0.29, 0.717) is 11.7 Å². The van der Waals surface area contributed by atoms with Crippen LogP contribution in [0.5, 0.6) is 5.75 Å². The van der Waals surface area contributed by atoms with E-state index in [1.54, 1.807) is 12.1 Å². The highest BCUT2D eigenvalue weighted by atomic mass is 16.3. The Bertz CT molecular complexity index is 415. The summed E-state index contributed by atoms with van der Waals surface area (Å²) in [4.78, 5) is 0. The SMILES string of the molecule is CC(C)c1ccc(O)cc1.Cc1ccccc1. The van der Waals surface area contributed by atoms with Crippen molar-refractivity contribution in [1.29, 1.82) is 0 Å². The first-order valence-corrected chi connectivity index (χ1v) is 5.90. The molecule has 1 N–H and O–H groups in total. The largest absolute Gasteiger partial charge is 0.508 e. The summed E-state index contributed by atoms with van der Waals surface area (Å²) in [6.07, 6.45) is 0. The van der Waals surface area contributed by atoms with Crippen molar-refractivity contribution < 1.29 is 5.11 Å². The minimum absolute atomic E-state index is 0.337. The van der Waals surface area contributed by atoms with Gasteiger partial charge in [-0.1, -0.05) is 61.9 Å². The maximum Gasteiger partial charge on any atom is 0.115 e. The summed E-state index contributed by atoms with van der Waals surface area (Å²) in [5.74, 6) is 0.880. The standard InChI is InChI=1S/C9H12O.C7H8/c1-7(2)8-3-5-9(10)6-4-8;1-7-5-3-2-4-6-7/h3-7,10H,1-2H3;2-6H,1H3. The van der Waals surface area contributed by atoms with Gasteiger partial charge in [-0.15, -0.1) is 0 Å². The summed E-state index contributed by atoms with van der Waals surface area (Å²) < 4.78 is 0. The van der Waals surface area contributed by atoms with Crippen molar-refractivity contribution >= 4 is 0 Å². The molecule has 0 saturated carbocycles. The third-order valence-corrected chi connectivity index (χ3v) is 2.50. The van der Waals surface area contributed by atoms with E-state index in [0.717, 1.165) is 0 Å². The van der Waals surface area contributed by atoms with Crippen LogP contribution in [0.4, 0.5) is 0 Å². The molecule has 1 nitrogen and oxygen atoms in total. The van der Waals surface area contributed by atoms with E-state index >= 15 is 0 Å². The van der Waals surface area contributed by atoms with Gasteiger partial charge in [0.05, 0.1) is 0 Å². The fourth-order valence-electron chi connectivity index (χ4n) is 1.39. The molecule has 0 aromatic heterocycles. The molecule has 0 radical (unpaired) electrons. The average molecular weight is 228 g/mol. The number of benzene rings is 2. The lowest BCUT2D eigenvalue weighted by Crippen LogP contribution is -1.84. The molecule has 90 valence electrons. The number of aromatic hydroxyl groups is 1. The Kier molecular flexibility index (Phi) is 5.28. The van der Waals surface area contributed by atoms with Crippen LogP contribution in [-0.2, 0) is 0 Å². The summed E-state index contributed by atoms with van der Waals surface area (Å²) in [6.45, 7) is 6.35. The van der Waals surface area contributed by atoms with Crippen LogP contribution in [-0.4, -0.2) is 5.11 Å². The molecule has 2 aromatic carbocycles. The van der Waals surface area contributed by atoms with Gasteiger partial charge in [0.2, 0.25) is 0 Å². The molecule has 0 saturated heterocycles. The summed E-state index contributed by atoms with van der Waals surface area (Å²) in [7, 11) is 0. The average Bonchev–Trinajstić information content (AvgIpc) is 2.31. The van der Waals surface area contributed by atoms with E-state index in [1.807, 2.05) is 30.3 Å². The first-order chi connectivity index (χ1) is 8.09.